The van der Waals surface area contributed by atoms with Crippen LogP contribution in [0.4, 0.5) is 14.6 Å². The molecule has 0 aliphatic rings. The van der Waals surface area contributed by atoms with Crippen LogP contribution in [0.25, 0.3) is 0 Å². The molecular formula is C9H9F2N3. The van der Waals surface area contributed by atoms with Gasteiger partial charge in [0, 0.05) is 0 Å². The summed E-state index contributed by atoms with van der Waals surface area (Å²) in [6.07, 6.45) is -2.41. The molecule has 0 aliphatic heterocycles. The predicted octanol–water partition coefficient (Wildman–Crippen LogP) is 1.94. The van der Waals surface area contributed by atoms with Crippen LogP contribution in [0.15, 0.2) is 12.1 Å². The average Bonchev–Trinajstić information content (AvgIpc) is 2.15. The van der Waals surface area contributed by atoms with Crippen molar-refractivity contribution in [2.45, 2.75) is 13.3 Å². The molecule has 0 radical (unpaired) electrons. The zero-order valence-corrected chi connectivity index (χ0v) is 7.59. The van der Waals surface area contributed by atoms with Crippen molar-refractivity contribution in [3.05, 3.63) is 23.4 Å². The molecule has 0 atom stereocenters. The minimum atomic E-state index is -2.41. The average molecular weight is 197 g/mol. The van der Waals surface area contributed by atoms with E-state index < -0.39 is 13.0 Å². The maximum absolute atomic E-state index is 11.8. The summed E-state index contributed by atoms with van der Waals surface area (Å²) in [5.41, 5.74) is 0.986. The molecular weight excluding hydrogens is 188 g/mol. The molecule has 14 heavy (non-hydrogen) atoms. The lowest BCUT2D eigenvalue weighted by atomic mass is 10.2. The number of anilines is 1. The number of nitrogens with one attached hydrogen (secondary N) is 1. The topological polar surface area (TPSA) is 48.7 Å². The van der Waals surface area contributed by atoms with E-state index in [9.17, 15) is 8.78 Å². The van der Waals surface area contributed by atoms with Crippen molar-refractivity contribution in [1.82, 2.24) is 4.98 Å². The molecule has 1 rings (SSSR count). The van der Waals surface area contributed by atoms with Crippen LogP contribution in [0.3, 0.4) is 0 Å². The minimum Gasteiger partial charge on any atom is -0.364 e. The third-order valence-electron chi connectivity index (χ3n) is 1.64. The van der Waals surface area contributed by atoms with E-state index in [0.717, 1.165) is 0 Å². The van der Waals surface area contributed by atoms with Gasteiger partial charge in [0.05, 0.1) is 17.8 Å². The molecule has 1 heterocycles. The number of alkyl halides is 2. The van der Waals surface area contributed by atoms with Crippen LogP contribution < -0.4 is 5.32 Å². The van der Waals surface area contributed by atoms with E-state index in [0.29, 0.717) is 17.1 Å². The lowest BCUT2D eigenvalue weighted by Crippen LogP contribution is -2.11. The molecule has 0 bridgehead atoms. The highest BCUT2D eigenvalue weighted by Gasteiger charge is 2.04. The van der Waals surface area contributed by atoms with E-state index in [2.05, 4.69) is 10.3 Å². The lowest BCUT2D eigenvalue weighted by Gasteiger charge is -2.05. The van der Waals surface area contributed by atoms with Crippen molar-refractivity contribution in [1.29, 1.82) is 5.26 Å². The molecule has 0 spiro atoms. The van der Waals surface area contributed by atoms with E-state index in [1.54, 1.807) is 13.0 Å². The number of nitriles is 1. The number of aryl methyl sites for hydroxylation is 1. The van der Waals surface area contributed by atoms with E-state index in [4.69, 9.17) is 5.26 Å². The first kappa shape index (κ1) is 10.4. The van der Waals surface area contributed by atoms with Crippen LogP contribution in [-0.4, -0.2) is 18.0 Å². The Morgan fingerprint density at radius 3 is 2.79 bits per heavy atom. The summed E-state index contributed by atoms with van der Waals surface area (Å²) in [4.78, 5) is 3.95. The molecule has 0 aromatic carbocycles. The van der Waals surface area contributed by atoms with E-state index in [-0.39, 0.29) is 0 Å². The number of halogens is 2. The first-order valence-electron chi connectivity index (χ1n) is 4.03. The van der Waals surface area contributed by atoms with Crippen LogP contribution in [-0.2, 0) is 0 Å². The summed E-state index contributed by atoms with van der Waals surface area (Å²) < 4.78 is 23.6. The summed E-state index contributed by atoms with van der Waals surface area (Å²) in [5, 5.41) is 11.1. The van der Waals surface area contributed by atoms with E-state index >= 15 is 0 Å². The van der Waals surface area contributed by atoms with Crippen LogP contribution in [0.1, 0.15) is 11.3 Å². The Bertz CT molecular complexity index is 358. The van der Waals surface area contributed by atoms with Gasteiger partial charge in [-0.2, -0.15) is 5.26 Å². The van der Waals surface area contributed by atoms with E-state index in [1.165, 1.54) is 6.07 Å². The summed E-state index contributed by atoms with van der Waals surface area (Å²) in [5.74, 6) is 0.363. The fourth-order valence-corrected chi connectivity index (χ4v) is 0.959. The van der Waals surface area contributed by atoms with Gasteiger partial charge >= 0.3 is 0 Å². The number of rotatable bonds is 3. The van der Waals surface area contributed by atoms with Gasteiger partial charge in [-0.25, -0.2) is 13.8 Å². The first-order valence-corrected chi connectivity index (χ1v) is 4.03. The molecule has 0 saturated heterocycles. The molecule has 0 fully saturated rings. The van der Waals surface area contributed by atoms with Gasteiger partial charge in [-0.3, -0.25) is 0 Å². The predicted molar refractivity (Wildman–Crippen MR) is 48.2 cm³/mol. The lowest BCUT2D eigenvalue weighted by molar-refractivity contribution is 0.163. The van der Waals surface area contributed by atoms with Crippen molar-refractivity contribution in [2.75, 3.05) is 11.9 Å². The maximum Gasteiger partial charge on any atom is 0.255 e. The Hall–Kier alpha value is -1.70. The number of pyridine rings is 1. The second kappa shape index (κ2) is 4.51. The van der Waals surface area contributed by atoms with Gasteiger partial charge in [0.15, 0.2) is 0 Å². The Balaban J connectivity index is 2.73. The first-order chi connectivity index (χ1) is 6.63. The van der Waals surface area contributed by atoms with E-state index in [1.807, 2.05) is 6.07 Å². The number of nitrogens with zero attached hydrogens (tertiary/aromatic N) is 2. The highest BCUT2D eigenvalue weighted by molar-refractivity contribution is 5.42. The quantitative estimate of drug-likeness (QED) is 0.805. The Kier molecular flexibility index (Phi) is 3.35. The summed E-state index contributed by atoms with van der Waals surface area (Å²) >= 11 is 0. The molecule has 0 unspecified atom stereocenters. The second-order valence-electron chi connectivity index (χ2n) is 2.71. The maximum atomic E-state index is 11.8. The van der Waals surface area contributed by atoms with Crippen LogP contribution in [0.2, 0.25) is 0 Å². The molecule has 0 amide bonds. The third kappa shape index (κ3) is 2.66. The fourth-order valence-electron chi connectivity index (χ4n) is 0.959. The molecule has 1 aromatic rings. The second-order valence-corrected chi connectivity index (χ2v) is 2.71. The molecule has 0 aliphatic carbocycles. The van der Waals surface area contributed by atoms with Crippen molar-refractivity contribution in [2.24, 2.45) is 0 Å². The van der Waals surface area contributed by atoms with Gasteiger partial charge in [-0.05, 0) is 19.1 Å². The standard InChI is InChI=1S/C9H9F2N3/c1-6-7(4-12)2-3-9(14-6)13-5-8(10)11/h2-3,8H,5H2,1H3,(H,13,14). The Morgan fingerprint density at radius 2 is 2.29 bits per heavy atom. The zero-order chi connectivity index (χ0) is 10.6. The number of hydrogen-bond donors (Lipinski definition) is 1. The number of aromatic nitrogens is 1. The van der Waals surface area contributed by atoms with Gasteiger partial charge in [-0.1, -0.05) is 0 Å². The summed E-state index contributed by atoms with van der Waals surface area (Å²) in [6.45, 7) is 1.23. The Morgan fingerprint density at radius 1 is 1.57 bits per heavy atom. The van der Waals surface area contributed by atoms with Crippen molar-refractivity contribution < 1.29 is 8.78 Å². The van der Waals surface area contributed by atoms with Crippen LogP contribution >= 0.6 is 0 Å². The molecule has 3 nitrogen and oxygen atoms in total. The SMILES string of the molecule is Cc1nc(NCC(F)F)ccc1C#N. The fraction of sp³-hybridized carbons (Fsp3) is 0.333. The molecule has 1 N–H and O–H groups in total. The number of hydrogen-bond acceptors (Lipinski definition) is 3. The molecule has 1 aromatic heterocycles. The van der Waals surface area contributed by atoms with Crippen molar-refractivity contribution in [3.8, 4) is 6.07 Å². The van der Waals surface area contributed by atoms with Crippen molar-refractivity contribution >= 4 is 5.82 Å². The minimum absolute atomic E-state index is 0.363. The van der Waals surface area contributed by atoms with Crippen LogP contribution in [0.5, 0.6) is 0 Å². The third-order valence-corrected chi connectivity index (χ3v) is 1.64. The highest BCUT2D eigenvalue weighted by Crippen LogP contribution is 2.09. The molecule has 0 saturated carbocycles. The molecule has 5 heteroatoms. The van der Waals surface area contributed by atoms with Gasteiger partial charge in [0.25, 0.3) is 6.43 Å². The smallest absolute Gasteiger partial charge is 0.255 e. The van der Waals surface area contributed by atoms with Crippen LogP contribution in [0, 0.1) is 18.3 Å². The van der Waals surface area contributed by atoms with Gasteiger partial charge in [-0.15, -0.1) is 0 Å². The molecule has 74 valence electrons. The monoisotopic (exact) mass is 197 g/mol. The highest BCUT2D eigenvalue weighted by atomic mass is 19.3. The normalized spacial score (nSPS) is 9.93. The van der Waals surface area contributed by atoms with Crippen molar-refractivity contribution in [3.63, 3.8) is 0 Å². The van der Waals surface area contributed by atoms with Gasteiger partial charge in [0.2, 0.25) is 0 Å². The van der Waals surface area contributed by atoms with Gasteiger partial charge in [0.1, 0.15) is 11.9 Å². The zero-order valence-electron chi connectivity index (χ0n) is 7.59. The summed E-state index contributed by atoms with van der Waals surface area (Å²) in [7, 11) is 0. The van der Waals surface area contributed by atoms with Gasteiger partial charge < -0.3 is 5.32 Å². The largest absolute Gasteiger partial charge is 0.364 e. The summed E-state index contributed by atoms with van der Waals surface area (Å²) in [6, 6.07) is 5.01. The Labute approximate surface area is 80.4 Å².